The van der Waals surface area contributed by atoms with Crippen molar-refractivity contribution in [1.82, 2.24) is 15.5 Å². The molecule has 0 aliphatic carbocycles. The van der Waals surface area contributed by atoms with E-state index in [-0.39, 0.29) is 35.8 Å². The number of primary amides is 1. The minimum absolute atomic E-state index is 0. The molecule has 1 aliphatic heterocycles. The minimum atomic E-state index is -0.959. The van der Waals surface area contributed by atoms with Crippen molar-refractivity contribution < 1.29 is 9.90 Å². The molecule has 0 spiro atoms. The number of hydrogen-bond acceptors (Lipinski definition) is 5. The standard InChI is InChI=1S/C20H35N5O2S.HI/c1-3-22-19(24-15-20(2,27)17-8-13-28-14-17)23-9-4-5-10-25-11-6-16(7-12-25)18(21)26;/h8,13-14,16,27H,3-7,9-12,15H2,1-2H3,(H2,21,26)(H2,22,23,24);1H. The van der Waals surface area contributed by atoms with Gasteiger partial charge in [-0.05, 0) is 81.6 Å². The van der Waals surface area contributed by atoms with Crippen molar-refractivity contribution >= 4 is 47.2 Å². The van der Waals surface area contributed by atoms with Crippen LogP contribution in [0.1, 0.15) is 45.1 Å². The molecule has 1 saturated heterocycles. The predicted octanol–water partition coefficient (Wildman–Crippen LogP) is 2.11. The predicted molar refractivity (Wildman–Crippen MR) is 131 cm³/mol. The normalized spacial score (nSPS) is 18.0. The van der Waals surface area contributed by atoms with Crippen LogP contribution in [0.25, 0.3) is 0 Å². The zero-order chi connectivity index (χ0) is 20.4. The van der Waals surface area contributed by atoms with Gasteiger partial charge in [-0.2, -0.15) is 11.3 Å². The Hall–Kier alpha value is -0.910. The van der Waals surface area contributed by atoms with E-state index >= 15 is 0 Å². The van der Waals surface area contributed by atoms with Gasteiger partial charge in [0.15, 0.2) is 5.96 Å². The number of carbonyl (C=O) groups excluding carboxylic acids is 1. The third-order valence-corrected chi connectivity index (χ3v) is 5.90. The summed E-state index contributed by atoms with van der Waals surface area (Å²) in [6, 6.07) is 1.94. The number of guanidine groups is 1. The number of amides is 1. The summed E-state index contributed by atoms with van der Waals surface area (Å²) in [6.45, 7) is 8.73. The molecule has 0 bridgehead atoms. The molecule has 1 unspecified atom stereocenters. The molecule has 29 heavy (non-hydrogen) atoms. The van der Waals surface area contributed by atoms with E-state index in [0.29, 0.717) is 6.54 Å². The Kier molecular flexibility index (Phi) is 12.1. The molecule has 0 saturated carbocycles. The summed E-state index contributed by atoms with van der Waals surface area (Å²) in [6.07, 6.45) is 3.91. The molecule has 5 N–H and O–H groups in total. The Morgan fingerprint density at radius 3 is 2.69 bits per heavy atom. The second kappa shape index (κ2) is 13.4. The van der Waals surface area contributed by atoms with E-state index < -0.39 is 5.60 Å². The van der Waals surface area contributed by atoms with Gasteiger partial charge in [-0.1, -0.05) is 0 Å². The molecule has 2 rings (SSSR count). The molecule has 1 fully saturated rings. The van der Waals surface area contributed by atoms with E-state index in [1.807, 2.05) is 23.8 Å². The molecule has 0 aromatic carbocycles. The zero-order valence-electron chi connectivity index (χ0n) is 17.5. The molecule has 0 radical (unpaired) electrons. The van der Waals surface area contributed by atoms with Crippen molar-refractivity contribution in [1.29, 1.82) is 0 Å². The number of nitrogens with zero attached hydrogens (tertiary/aromatic N) is 2. The van der Waals surface area contributed by atoms with E-state index in [9.17, 15) is 9.90 Å². The lowest BCUT2D eigenvalue weighted by Gasteiger charge is -2.30. The summed E-state index contributed by atoms with van der Waals surface area (Å²) in [5, 5.41) is 21.1. The number of unbranched alkanes of at least 4 members (excludes halogenated alkanes) is 1. The van der Waals surface area contributed by atoms with Crippen molar-refractivity contribution in [2.75, 3.05) is 39.3 Å². The van der Waals surface area contributed by atoms with Crippen molar-refractivity contribution in [2.45, 2.75) is 45.1 Å². The first kappa shape index (κ1) is 26.1. The fourth-order valence-corrected chi connectivity index (χ4v) is 4.13. The van der Waals surface area contributed by atoms with Crippen molar-refractivity contribution in [2.24, 2.45) is 16.6 Å². The van der Waals surface area contributed by atoms with Gasteiger partial charge in [-0.25, -0.2) is 4.99 Å². The Bertz CT molecular complexity index is 616. The number of hydrogen-bond donors (Lipinski definition) is 4. The molecule has 1 aliphatic rings. The van der Waals surface area contributed by atoms with Gasteiger partial charge >= 0.3 is 0 Å². The molecule has 1 amide bonds. The molecule has 1 atom stereocenters. The van der Waals surface area contributed by atoms with E-state index in [2.05, 4.69) is 20.5 Å². The van der Waals surface area contributed by atoms with Crippen LogP contribution in [-0.2, 0) is 10.4 Å². The van der Waals surface area contributed by atoms with Gasteiger partial charge in [-0.3, -0.25) is 4.79 Å². The van der Waals surface area contributed by atoms with Crippen LogP contribution >= 0.6 is 35.3 Å². The van der Waals surface area contributed by atoms with Gasteiger partial charge in [0.1, 0.15) is 5.60 Å². The number of nitrogens with two attached hydrogens (primary N) is 1. The van der Waals surface area contributed by atoms with E-state index in [1.165, 1.54) is 0 Å². The highest BCUT2D eigenvalue weighted by molar-refractivity contribution is 14.0. The average molecular weight is 538 g/mol. The lowest BCUT2D eigenvalue weighted by atomic mass is 9.96. The fourth-order valence-electron chi connectivity index (χ4n) is 3.35. The number of aliphatic imine (C=N–C) groups is 1. The molecular weight excluding hydrogens is 501 g/mol. The molecule has 1 aromatic rings. The van der Waals surface area contributed by atoms with Gasteiger partial charge in [0, 0.05) is 19.0 Å². The first-order valence-electron chi connectivity index (χ1n) is 10.2. The van der Waals surface area contributed by atoms with Crippen LogP contribution in [0.5, 0.6) is 0 Å². The highest BCUT2D eigenvalue weighted by Gasteiger charge is 2.24. The molecule has 7 nitrogen and oxygen atoms in total. The van der Waals surface area contributed by atoms with Crippen LogP contribution in [0, 0.1) is 5.92 Å². The molecule has 9 heteroatoms. The largest absolute Gasteiger partial charge is 0.383 e. The summed E-state index contributed by atoms with van der Waals surface area (Å²) >= 11 is 1.58. The topological polar surface area (TPSA) is 103 Å². The highest BCUT2D eigenvalue weighted by Crippen LogP contribution is 2.23. The monoisotopic (exact) mass is 537 g/mol. The van der Waals surface area contributed by atoms with Crippen molar-refractivity contribution in [3.63, 3.8) is 0 Å². The van der Waals surface area contributed by atoms with E-state index in [4.69, 9.17) is 5.73 Å². The second-order valence-electron chi connectivity index (χ2n) is 7.63. The molecule has 166 valence electrons. The van der Waals surface area contributed by atoms with Gasteiger partial charge in [0.05, 0.1) is 6.54 Å². The number of rotatable bonds is 10. The molecule has 2 heterocycles. The lowest BCUT2D eigenvalue weighted by molar-refractivity contribution is -0.123. The molecule has 1 aromatic heterocycles. The summed E-state index contributed by atoms with van der Waals surface area (Å²) < 4.78 is 0. The maximum atomic E-state index is 11.2. The van der Waals surface area contributed by atoms with Gasteiger partial charge in [0.25, 0.3) is 0 Å². The van der Waals surface area contributed by atoms with Gasteiger partial charge < -0.3 is 26.4 Å². The van der Waals surface area contributed by atoms with Crippen LogP contribution in [0.3, 0.4) is 0 Å². The first-order valence-corrected chi connectivity index (χ1v) is 11.2. The highest BCUT2D eigenvalue weighted by atomic mass is 127. The van der Waals surface area contributed by atoms with E-state index in [0.717, 1.165) is 69.9 Å². The smallest absolute Gasteiger partial charge is 0.220 e. The number of thiophene rings is 1. The van der Waals surface area contributed by atoms with Crippen LogP contribution < -0.4 is 16.4 Å². The quantitative estimate of drug-likeness (QED) is 0.159. The Morgan fingerprint density at radius 1 is 1.38 bits per heavy atom. The summed E-state index contributed by atoms with van der Waals surface area (Å²) in [7, 11) is 0. The summed E-state index contributed by atoms with van der Waals surface area (Å²) in [4.78, 5) is 18.2. The zero-order valence-corrected chi connectivity index (χ0v) is 20.7. The maximum Gasteiger partial charge on any atom is 0.220 e. The van der Waals surface area contributed by atoms with Crippen LogP contribution in [-0.4, -0.2) is 61.1 Å². The minimum Gasteiger partial charge on any atom is -0.383 e. The lowest BCUT2D eigenvalue weighted by Crippen LogP contribution is -2.40. The first-order chi connectivity index (χ1) is 13.4. The Balaban J connectivity index is 0.00000420. The summed E-state index contributed by atoms with van der Waals surface area (Å²) in [5.74, 6) is 0.639. The van der Waals surface area contributed by atoms with Gasteiger partial charge in [-0.15, -0.1) is 24.0 Å². The van der Waals surface area contributed by atoms with Crippen molar-refractivity contribution in [3.8, 4) is 0 Å². The SMILES string of the molecule is CCNC(=NCC(C)(O)c1ccsc1)NCCCCN1CCC(C(N)=O)CC1.I. The average Bonchev–Trinajstić information content (AvgIpc) is 3.22. The Labute approximate surface area is 195 Å². The second-order valence-corrected chi connectivity index (χ2v) is 8.41. The van der Waals surface area contributed by atoms with Crippen LogP contribution in [0.4, 0.5) is 0 Å². The van der Waals surface area contributed by atoms with Crippen molar-refractivity contribution in [3.05, 3.63) is 22.4 Å². The number of aliphatic hydroxyl groups is 1. The van der Waals surface area contributed by atoms with Crippen LogP contribution in [0.2, 0.25) is 0 Å². The van der Waals surface area contributed by atoms with Crippen LogP contribution in [0.15, 0.2) is 21.8 Å². The summed E-state index contributed by atoms with van der Waals surface area (Å²) in [5.41, 5.74) is 5.33. The molecular formula is C20H36IN5O2S. The number of carbonyl (C=O) groups is 1. The number of halogens is 1. The maximum absolute atomic E-state index is 11.2. The Morgan fingerprint density at radius 2 is 2.10 bits per heavy atom. The number of likely N-dealkylation sites (tertiary alicyclic amines) is 1. The third-order valence-electron chi connectivity index (χ3n) is 5.22. The fraction of sp³-hybridized carbons (Fsp3) is 0.700. The third kappa shape index (κ3) is 9.18. The number of piperidine rings is 1. The number of nitrogens with one attached hydrogen (secondary N) is 2. The van der Waals surface area contributed by atoms with E-state index in [1.54, 1.807) is 18.3 Å². The van der Waals surface area contributed by atoms with Gasteiger partial charge in [0.2, 0.25) is 5.91 Å².